The van der Waals surface area contributed by atoms with E-state index in [1.165, 1.54) is 6.21 Å². The van der Waals surface area contributed by atoms with E-state index in [0.29, 0.717) is 41.5 Å². The number of carbonyl (C=O) groups excluding carboxylic acids is 3. The van der Waals surface area contributed by atoms with Gasteiger partial charge < -0.3 is 19.5 Å². The van der Waals surface area contributed by atoms with Crippen molar-refractivity contribution >= 4 is 29.7 Å². The van der Waals surface area contributed by atoms with E-state index < -0.39 is 17.8 Å². The molecule has 0 aliphatic carbocycles. The highest BCUT2D eigenvalue weighted by molar-refractivity contribution is 6.39. The van der Waals surface area contributed by atoms with Crippen molar-refractivity contribution in [3.63, 3.8) is 0 Å². The third kappa shape index (κ3) is 8.21. The fourth-order valence-corrected chi connectivity index (χ4v) is 3.15. The van der Waals surface area contributed by atoms with E-state index in [1.807, 2.05) is 19.9 Å². The summed E-state index contributed by atoms with van der Waals surface area (Å²) in [5, 5.41) is 6.34. The summed E-state index contributed by atoms with van der Waals surface area (Å²) in [7, 11) is 0. The number of hydrazone groups is 1. The molecule has 3 rings (SSSR count). The second-order valence-corrected chi connectivity index (χ2v) is 7.92. The van der Waals surface area contributed by atoms with Gasteiger partial charge in [0.15, 0.2) is 11.5 Å². The first-order valence-corrected chi connectivity index (χ1v) is 11.8. The van der Waals surface area contributed by atoms with E-state index in [2.05, 4.69) is 15.8 Å². The van der Waals surface area contributed by atoms with Gasteiger partial charge in [0.25, 0.3) is 0 Å². The van der Waals surface area contributed by atoms with Crippen molar-refractivity contribution in [3.8, 4) is 17.2 Å². The molecule has 0 aromatic heterocycles. The van der Waals surface area contributed by atoms with Gasteiger partial charge in [-0.2, -0.15) is 5.10 Å². The van der Waals surface area contributed by atoms with Gasteiger partial charge in [0, 0.05) is 5.69 Å². The molecule has 9 nitrogen and oxygen atoms in total. The Labute approximate surface area is 215 Å². The van der Waals surface area contributed by atoms with Crippen molar-refractivity contribution in [1.82, 2.24) is 5.43 Å². The molecule has 0 fully saturated rings. The number of rotatable bonds is 10. The monoisotopic (exact) mass is 503 g/mol. The van der Waals surface area contributed by atoms with E-state index in [9.17, 15) is 14.4 Å². The SMILES string of the molecule is CCCOc1ccc(C(=O)Oc2ccc(/C=N\NC(=O)C(=O)Nc3cccc(C)c3)cc2OCC)cc1. The maximum atomic E-state index is 12.6. The zero-order chi connectivity index (χ0) is 26.6. The van der Waals surface area contributed by atoms with Gasteiger partial charge in [0.1, 0.15) is 5.75 Å². The first-order chi connectivity index (χ1) is 17.9. The first kappa shape index (κ1) is 26.9. The molecule has 37 heavy (non-hydrogen) atoms. The number of nitrogens with one attached hydrogen (secondary N) is 2. The van der Waals surface area contributed by atoms with Gasteiger partial charge in [0.2, 0.25) is 0 Å². The zero-order valence-electron chi connectivity index (χ0n) is 20.9. The van der Waals surface area contributed by atoms with Crippen LogP contribution >= 0.6 is 0 Å². The molecular weight excluding hydrogens is 474 g/mol. The number of hydrogen-bond donors (Lipinski definition) is 2. The molecule has 2 N–H and O–H groups in total. The van der Waals surface area contributed by atoms with Crippen LogP contribution < -0.4 is 25.0 Å². The lowest BCUT2D eigenvalue weighted by Gasteiger charge is -2.12. The van der Waals surface area contributed by atoms with Crippen molar-refractivity contribution < 1.29 is 28.6 Å². The smallest absolute Gasteiger partial charge is 0.343 e. The Hall–Kier alpha value is -4.66. The lowest BCUT2D eigenvalue weighted by atomic mass is 10.2. The van der Waals surface area contributed by atoms with Crippen molar-refractivity contribution in [1.29, 1.82) is 0 Å². The Morgan fingerprint density at radius 3 is 2.38 bits per heavy atom. The van der Waals surface area contributed by atoms with Gasteiger partial charge in [0.05, 0.1) is 25.0 Å². The summed E-state index contributed by atoms with van der Waals surface area (Å²) in [6.45, 7) is 6.63. The van der Waals surface area contributed by atoms with Gasteiger partial charge in [-0.3, -0.25) is 9.59 Å². The molecule has 0 aliphatic heterocycles. The number of esters is 1. The Morgan fingerprint density at radius 1 is 0.892 bits per heavy atom. The lowest BCUT2D eigenvalue weighted by molar-refractivity contribution is -0.136. The average Bonchev–Trinajstić information content (AvgIpc) is 2.89. The largest absolute Gasteiger partial charge is 0.494 e. The molecule has 0 unspecified atom stereocenters. The summed E-state index contributed by atoms with van der Waals surface area (Å²) in [4.78, 5) is 36.7. The average molecular weight is 504 g/mol. The fourth-order valence-electron chi connectivity index (χ4n) is 3.15. The summed E-state index contributed by atoms with van der Waals surface area (Å²) in [6.07, 6.45) is 2.24. The number of aryl methyl sites for hydroxylation is 1. The Balaban J connectivity index is 1.61. The molecule has 192 valence electrons. The second-order valence-electron chi connectivity index (χ2n) is 7.92. The number of hydrogen-bond acceptors (Lipinski definition) is 7. The molecule has 9 heteroatoms. The standard InChI is InChI=1S/C28H29N3O6/c1-4-15-36-23-12-10-21(11-13-23)28(34)37-24-14-9-20(17-25(24)35-5-2)18-29-31-27(33)26(32)30-22-8-6-7-19(3)16-22/h6-14,16-18H,4-5,15H2,1-3H3,(H,30,32)(H,31,33)/b29-18-. The zero-order valence-corrected chi connectivity index (χ0v) is 20.9. The molecule has 0 saturated heterocycles. The topological polar surface area (TPSA) is 115 Å². The van der Waals surface area contributed by atoms with Crippen LogP contribution in [0.1, 0.15) is 41.8 Å². The Bertz CT molecular complexity index is 1270. The molecule has 0 spiro atoms. The minimum absolute atomic E-state index is 0.233. The predicted molar refractivity (Wildman–Crippen MR) is 140 cm³/mol. The predicted octanol–water partition coefficient (Wildman–Crippen LogP) is 4.49. The maximum Gasteiger partial charge on any atom is 0.343 e. The van der Waals surface area contributed by atoms with Gasteiger partial charge in [-0.1, -0.05) is 19.1 Å². The normalized spacial score (nSPS) is 10.6. The highest BCUT2D eigenvalue weighted by atomic mass is 16.6. The van der Waals surface area contributed by atoms with E-state index in [1.54, 1.807) is 67.6 Å². The van der Waals surface area contributed by atoms with Crippen LogP contribution in [0.25, 0.3) is 0 Å². The van der Waals surface area contributed by atoms with Crippen molar-refractivity contribution in [2.24, 2.45) is 5.10 Å². The third-order valence-electron chi connectivity index (χ3n) is 4.90. The van der Waals surface area contributed by atoms with Crippen LogP contribution in [0.15, 0.2) is 71.8 Å². The number of nitrogens with zero attached hydrogens (tertiary/aromatic N) is 1. The number of ether oxygens (including phenoxy) is 3. The minimum atomic E-state index is -0.917. The summed E-state index contributed by atoms with van der Waals surface area (Å²) in [5.41, 5.74) is 4.56. The molecule has 0 heterocycles. The van der Waals surface area contributed by atoms with E-state index in [4.69, 9.17) is 14.2 Å². The number of anilines is 1. The van der Waals surface area contributed by atoms with Gasteiger partial charge in [-0.15, -0.1) is 0 Å². The molecule has 3 aromatic carbocycles. The van der Waals surface area contributed by atoms with Crippen LogP contribution in [0.3, 0.4) is 0 Å². The lowest BCUT2D eigenvalue weighted by Crippen LogP contribution is -2.32. The van der Waals surface area contributed by atoms with Crippen LogP contribution in [0.2, 0.25) is 0 Å². The van der Waals surface area contributed by atoms with E-state index in [0.717, 1.165) is 12.0 Å². The highest BCUT2D eigenvalue weighted by Gasteiger charge is 2.15. The second kappa shape index (κ2) is 13.4. The molecule has 2 amide bonds. The summed E-state index contributed by atoms with van der Waals surface area (Å²) in [5.74, 6) is -1.07. The molecule has 0 bridgehead atoms. The van der Waals surface area contributed by atoms with E-state index >= 15 is 0 Å². The summed E-state index contributed by atoms with van der Waals surface area (Å²) < 4.78 is 16.7. The first-order valence-electron chi connectivity index (χ1n) is 11.8. The van der Waals surface area contributed by atoms with Crippen LogP contribution in [0.5, 0.6) is 17.2 Å². The molecule has 0 aliphatic rings. The molecular formula is C28H29N3O6. The van der Waals surface area contributed by atoms with Crippen LogP contribution in [0.4, 0.5) is 5.69 Å². The fraction of sp³-hybridized carbons (Fsp3) is 0.214. The molecule has 0 atom stereocenters. The van der Waals surface area contributed by atoms with Crippen molar-refractivity contribution in [2.45, 2.75) is 27.2 Å². The van der Waals surface area contributed by atoms with E-state index in [-0.39, 0.29) is 5.75 Å². The molecule has 0 radical (unpaired) electrons. The maximum absolute atomic E-state index is 12.6. The van der Waals surface area contributed by atoms with Gasteiger partial charge >= 0.3 is 17.8 Å². The molecule has 0 saturated carbocycles. The highest BCUT2D eigenvalue weighted by Crippen LogP contribution is 2.29. The minimum Gasteiger partial charge on any atom is -0.494 e. The third-order valence-corrected chi connectivity index (χ3v) is 4.90. The Kier molecular flexibility index (Phi) is 9.78. The summed E-state index contributed by atoms with van der Waals surface area (Å²) >= 11 is 0. The van der Waals surface area contributed by atoms with Crippen molar-refractivity contribution in [2.75, 3.05) is 18.5 Å². The van der Waals surface area contributed by atoms with Gasteiger partial charge in [-0.05, 0) is 86.0 Å². The quantitative estimate of drug-likeness (QED) is 0.138. The van der Waals surface area contributed by atoms with Gasteiger partial charge in [-0.25, -0.2) is 10.2 Å². The molecule has 3 aromatic rings. The number of benzene rings is 3. The van der Waals surface area contributed by atoms with Crippen LogP contribution in [0, 0.1) is 6.92 Å². The van der Waals surface area contributed by atoms with Crippen LogP contribution in [-0.4, -0.2) is 37.2 Å². The number of amides is 2. The van der Waals surface area contributed by atoms with Crippen LogP contribution in [-0.2, 0) is 9.59 Å². The van der Waals surface area contributed by atoms with Crippen molar-refractivity contribution in [3.05, 3.63) is 83.4 Å². The number of carbonyl (C=O) groups is 3. The summed E-state index contributed by atoms with van der Waals surface area (Å²) in [6, 6.07) is 18.6. The Morgan fingerprint density at radius 2 is 1.68 bits per heavy atom.